The van der Waals surface area contributed by atoms with E-state index in [0.717, 1.165) is 16.8 Å². The maximum absolute atomic E-state index is 12.4. The summed E-state index contributed by atoms with van der Waals surface area (Å²) in [5.41, 5.74) is 4.00. The first-order valence-corrected chi connectivity index (χ1v) is 9.96. The molecule has 0 aromatic heterocycles. The van der Waals surface area contributed by atoms with E-state index in [1.165, 1.54) is 0 Å². The van der Waals surface area contributed by atoms with E-state index in [2.05, 4.69) is 16.0 Å². The number of benzene rings is 2. The SMILES string of the molecule is CCC(C)C(NC(=O)c1ccc(NC(=O)CNc2ccc(C)cc2C)cc1)C(=O)O. The van der Waals surface area contributed by atoms with Crippen molar-refractivity contribution in [3.8, 4) is 0 Å². The summed E-state index contributed by atoms with van der Waals surface area (Å²) in [5.74, 6) is -1.92. The largest absolute Gasteiger partial charge is 0.480 e. The van der Waals surface area contributed by atoms with Crippen molar-refractivity contribution < 1.29 is 19.5 Å². The molecule has 0 spiro atoms. The van der Waals surface area contributed by atoms with Crippen LogP contribution in [0.25, 0.3) is 0 Å². The van der Waals surface area contributed by atoms with Crippen LogP contribution in [0, 0.1) is 19.8 Å². The van der Waals surface area contributed by atoms with Gasteiger partial charge < -0.3 is 21.1 Å². The summed E-state index contributed by atoms with van der Waals surface area (Å²) >= 11 is 0. The third kappa shape index (κ3) is 6.34. The standard InChI is InChI=1S/C23H29N3O4/c1-5-15(3)21(23(29)30)26-22(28)17-7-9-18(10-8-17)25-20(27)13-24-19-11-6-14(2)12-16(19)4/h6-12,15,21,24H,5,13H2,1-4H3,(H,25,27)(H,26,28)(H,29,30). The molecule has 0 fully saturated rings. The Labute approximate surface area is 176 Å². The van der Waals surface area contributed by atoms with Gasteiger partial charge in [0.05, 0.1) is 6.54 Å². The molecule has 2 rings (SSSR count). The fraction of sp³-hybridized carbons (Fsp3) is 0.348. The van der Waals surface area contributed by atoms with Gasteiger partial charge in [-0.15, -0.1) is 0 Å². The molecule has 2 atom stereocenters. The predicted octanol–water partition coefficient (Wildman–Crippen LogP) is 3.58. The second kappa shape index (κ2) is 10.4. The molecule has 2 amide bonds. The molecule has 30 heavy (non-hydrogen) atoms. The molecule has 0 aliphatic carbocycles. The van der Waals surface area contributed by atoms with Crippen LogP contribution in [-0.2, 0) is 9.59 Å². The fourth-order valence-electron chi connectivity index (χ4n) is 3.01. The van der Waals surface area contributed by atoms with E-state index in [1.54, 1.807) is 31.2 Å². The van der Waals surface area contributed by atoms with Gasteiger partial charge in [-0.05, 0) is 55.7 Å². The summed E-state index contributed by atoms with van der Waals surface area (Å²) in [5, 5.41) is 17.7. The summed E-state index contributed by atoms with van der Waals surface area (Å²) in [7, 11) is 0. The second-order valence-corrected chi connectivity index (χ2v) is 7.47. The van der Waals surface area contributed by atoms with Crippen LogP contribution >= 0.6 is 0 Å². The van der Waals surface area contributed by atoms with Crippen LogP contribution in [0.4, 0.5) is 11.4 Å². The van der Waals surface area contributed by atoms with E-state index >= 15 is 0 Å². The van der Waals surface area contributed by atoms with Crippen molar-refractivity contribution in [1.82, 2.24) is 5.32 Å². The normalized spacial score (nSPS) is 12.5. The topological polar surface area (TPSA) is 108 Å². The van der Waals surface area contributed by atoms with Crippen molar-refractivity contribution in [2.24, 2.45) is 5.92 Å². The van der Waals surface area contributed by atoms with E-state index in [-0.39, 0.29) is 18.4 Å². The number of aliphatic carboxylic acids is 1. The lowest BCUT2D eigenvalue weighted by Gasteiger charge is -2.20. The van der Waals surface area contributed by atoms with Gasteiger partial charge in [-0.25, -0.2) is 4.79 Å². The Hall–Kier alpha value is -3.35. The lowest BCUT2D eigenvalue weighted by molar-refractivity contribution is -0.140. The maximum atomic E-state index is 12.4. The Kier molecular flexibility index (Phi) is 7.98. The van der Waals surface area contributed by atoms with Crippen LogP contribution in [0.5, 0.6) is 0 Å². The number of anilines is 2. The van der Waals surface area contributed by atoms with Crippen LogP contribution < -0.4 is 16.0 Å². The van der Waals surface area contributed by atoms with Crippen molar-refractivity contribution in [3.05, 3.63) is 59.2 Å². The van der Waals surface area contributed by atoms with Crippen LogP contribution in [0.1, 0.15) is 41.8 Å². The molecule has 0 radical (unpaired) electrons. The monoisotopic (exact) mass is 411 g/mol. The van der Waals surface area contributed by atoms with Gasteiger partial charge in [-0.2, -0.15) is 0 Å². The minimum Gasteiger partial charge on any atom is -0.480 e. The Morgan fingerprint density at radius 2 is 1.70 bits per heavy atom. The van der Waals surface area contributed by atoms with E-state index in [1.807, 2.05) is 39.0 Å². The van der Waals surface area contributed by atoms with Crippen LogP contribution in [0.2, 0.25) is 0 Å². The number of hydrogen-bond donors (Lipinski definition) is 4. The highest BCUT2D eigenvalue weighted by atomic mass is 16.4. The number of hydrogen-bond acceptors (Lipinski definition) is 4. The Balaban J connectivity index is 1.92. The molecular weight excluding hydrogens is 382 g/mol. The summed E-state index contributed by atoms with van der Waals surface area (Å²) in [6.45, 7) is 7.76. The fourth-order valence-corrected chi connectivity index (χ4v) is 3.01. The number of carbonyl (C=O) groups is 3. The zero-order valence-corrected chi connectivity index (χ0v) is 17.8. The van der Waals surface area contributed by atoms with Crippen molar-refractivity contribution >= 4 is 29.2 Å². The third-order valence-electron chi connectivity index (χ3n) is 5.02. The van der Waals surface area contributed by atoms with Gasteiger partial charge in [0.15, 0.2) is 0 Å². The molecule has 7 heteroatoms. The first kappa shape index (κ1) is 22.9. The Morgan fingerprint density at radius 1 is 1.03 bits per heavy atom. The summed E-state index contributed by atoms with van der Waals surface area (Å²) in [6.07, 6.45) is 0.637. The van der Waals surface area contributed by atoms with Crippen molar-refractivity contribution in [1.29, 1.82) is 0 Å². The van der Waals surface area contributed by atoms with Gasteiger partial charge in [0, 0.05) is 16.9 Å². The van der Waals surface area contributed by atoms with E-state index < -0.39 is 17.9 Å². The number of nitrogens with one attached hydrogen (secondary N) is 3. The average molecular weight is 412 g/mol. The van der Waals surface area contributed by atoms with Crippen LogP contribution in [-0.4, -0.2) is 35.5 Å². The molecule has 0 saturated carbocycles. The summed E-state index contributed by atoms with van der Waals surface area (Å²) in [6, 6.07) is 11.3. The van der Waals surface area contributed by atoms with Gasteiger partial charge in [0.1, 0.15) is 6.04 Å². The summed E-state index contributed by atoms with van der Waals surface area (Å²) in [4.78, 5) is 35.9. The number of aryl methyl sites for hydroxylation is 2. The number of carbonyl (C=O) groups excluding carboxylic acids is 2. The van der Waals surface area contributed by atoms with Crippen molar-refractivity contribution in [2.45, 2.75) is 40.2 Å². The van der Waals surface area contributed by atoms with Gasteiger partial charge in [-0.3, -0.25) is 9.59 Å². The Bertz CT molecular complexity index is 909. The number of amides is 2. The minimum atomic E-state index is -1.06. The minimum absolute atomic E-state index is 0.112. The van der Waals surface area contributed by atoms with E-state index in [0.29, 0.717) is 17.7 Å². The average Bonchev–Trinajstić information content (AvgIpc) is 2.71. The number of carboxylic acid groups (broad SMARTS) is 1. The molecule has 7 nitrogen and oxygen atoms in total. The molecule has 2 aromatic rings. The number of carboxylic acids is 1. The second-order valence-electron chi connectivity index (χ2n) is 7.47. The molecule has 0 heterocycles. The predicted molar refractivity (Wildman–Crippen MR) is 118 cm³/mol. The van der Waals surface area contributed by atoms with E-state index in [4.69, 9.17) is 0 Å². The molecule has 0 aliphatic rings. The van der Waals surface area contributed by atoms with Gasteiger partial charge >= 0.3 is 5.97 Å². The lowest BCUT2D eigenvalue weighted by Crippen LogP contribution is -2.45. The van der Waals surface area contributed by atoms with Crippen molar-refractivity contribution in [3.63, 3.8) is 0 Å². The first-order chi connectivity index (χ1) is 14.2. The molecule has 4 N–H and O–H groups in total. The van der Waals surface area contributed by atoms with Crippen LogP contribution in [0.3, 0.4) is 0 Å². The van der Waals surface area contributed by atoms with Gasteiger partial charge in [0.25, 0.3) is 5.91 Å². The highest BCUT2D eigenvalue weighted by molar-refractivity contribution is 5.98. The highest BCUT2D eigenvalue weighted by Crippen LogP contribution is 2.16. The third-order valence-corrected chi connectivity index (χ3v) is 5.02. The van der Waals surface area contributed by atoms with Crippen molar-refractivity contribution in [2.75, 3.05) is 17.2 Å². The van der Waals surface area contributed by atoms with E-state index in [9.17, 15) is 19.5 Å². The molecular formula is C23H29N3O4. The van der Waals surface area contributed by atoms with Crippen LogP contribution in [0.15, 0.2) is 42.5 Å². The van der Waals surface area contributed by atoms with Gasteiger partial charge in [-0.1, -0.05) is 38.0 Å². The maximum Gasteiger partial charge on any atom is 0.326 e. The highest BCUT2D eigenvalue weighted by Gasteiger charge is 2.25. The molecule has 0 aliphatic heterocycles. The molecule has 2 aromatic carbocycles. The first-order valence-electron chi connectivity index (χ1n) is 9.96. The zero-order chi connectivity index (χ0) is 22.3. The number of rotatable bonds is 9. The lowest BCUT2D eigenvalue weighted by atomic mass is 9.99. The quantitative estimate of drug-likeness (QED) is 0.504. The summed E-state index contributed by atoms with van der Waals surface area (Å²) < 4.78 is 0. The molecule has 160 valence electrons. The molecule has 0 bridgehead atoms. The molecule has 0 saturated heterocycles. The molecule has 2 unspecified atom stereocenters. The smallest absolute Gasteiger partial charge is 0.326 e. The zero-order valence-electron chi connectivity index (χ0n) is 17.8. The Morgan fingerprint density at radius 3 is 2.27 bits per heavy atom. The van der Waals surface area contributed by atoms with Gasteiger partial charge in [0.2, 0.25) is 5.91 Å².